The van der Waals surface area contributed by atoms with Crippen molar-refractivity contribution in [2.75, 3.05) is 0 Å². The molecule has 0 aromatic heterocycles. The Morgan fingerprint density at radius 1 is 0.903 bits per heavy atom. The van der Waals surface area contributed by atoms with Crippen LogP contribution in [0.5, 0.6) is 0 Å². The van der Waals surface area contributed by atoms with Crippen molar-refractivity contribution < 1.29 is 57.7 Å². The second-order valence-corrected chi connectivity index (χ2v) is 12.1. The van der Waals surface area contributed by atoms with Crippen LogP contribution in [0.2, 0.25) is 6.04 Å². The normalized spacial score (nSPS) is 13.7. The standard InChI is InChI=1S/C26H33Si.3ClH.Ti/c1-5-6-10-16-27(26-21(3)17-20(2)18-22(26)4)25-15-11-14-24(25)19-23-12-8-7-9-13-23;;;;/h7-9,12-14,17-18,27H,5-6,10-11,16,19H2,1-4H3;3*1H;/q;;;;+3/p-3. The Bertz CT molecular complexity index is 868. The molecule has 1 atom stereocenters. The molecule has 5 heteroatoms. The summed E-state index contributed by atoms with van der Waals surface area (Å²) in [6.07, 6.45) is 8.80. The van der Waals surface area contributed by atoms with E-state index in [2.05, 4.69) is 96.7 Å². The summed E-state index contributed by atoms with van der Waals surface area (Å²) in [5.74, 6) is 0. The van der Waals surface area contributed by atoms with E-state index >= 15 is 0 Å². The SMILES string of the molecule is CCCCC[SiH](C1=[C]([Ti+3])CC=C1Cc1ccccc1)c1c(C)cc(C)cc1C.[Cl-].[Cl-].[Cl-]. The van der Waals surface area contributed by atoms with Crippen LogP contribution in [0.1, 0.15) is 54.9 Å². The van der Waals surface area contributed by atoms with Gasteiger partial charge in [0.15, 0.2) is 0 Å². The fourth-order valence-corrected chi connectivity index (χ4v) is 10.1. The van der Waals surface area contributed by atoms with Gasteiger partial charge in [-0.25, -0.2) is 0 Å². The Balaban J connectivity index is 0.00000300. The molecule has 0 N–H and O–H groups in total. The Kier molecular flexibility index (Phi) is 14.7. The van der Waals surface area contributed by atoms with Crippen LogP contribution >= 0.6 is 0 Å². The first-order chi connectivity index (χ1) is 13.5. The summed E-state index contributed by atoms with van der Waals surface area (Å²) in [4.78, 5) is 0. The molecule has 0 amide bonds. The zero-order valence-corrected chi connectivity index (χ0v) is 24.1. The third-order valence-corrected chi connectivity index (χ3v) is 11.2. The first kappa shape index (κ1) is 30.7. The van der Waals surface area contributed by atoms with E-state index in [4.69, 9.17) is 0 Å². The monoisotopic (exact) mass is 526 g/mol. The van der Waals surface area contributed by atoms with Crippen molar-refractivity contribution in [3.63, 3.8) is 0 Å². The number of allylic oxidation sites excluding steroid dienone is 4. The number of halogens is 3. The topological polar surface area (TPSA) is 0 Å². The predicted octanol–water partition coefficient (Wildman–Crippen LogP) is -2.84. The molecule has 2 aromatic carbocycles. The van der Waals surface area contributed by atoms with E-state index in [1.54, 1.807) is 19.8 Å². The number of aryl methyl sites for hydroxylation is 3. The molecule has 0 nitrogen and oxygen atoms in total. The summed E-state index contributed by atoms with van der Waals surface area (Å²) < 4.78 is 1.64. The molecule has 0 bridgehead atoms. The zero-order valence-electron chi connectivity index (χ0n) is 19.1. The minimum Gasteiger partial charge on any atom is -1.00 e. The maximum absolute atomic E-state index is 2.52. The summed E-state index contributed by atoms with van der Waals surface area (Å²) in [5, 5.41) is 3.49. The van der Waals surface area contributed by atoms with E-state index in [9.17, 15) is 0 Å². The Morgan fingerprint density at radius 2 is 1.52 bits per heavy atom. The van der Waals surface area contributed by atoms with Gasteiger partial charge in [0, 0.05) is 0 Å². The molecule has 0 saturated carbocycles. The molecule has 1 aliphatic rings. The van der Waals surface area contributed by atoms with Gasteiger partial charge in [0.1, 0.15) is 0 Å². The average molecular weight is 528 g/mol. The zero-order chi connectivity index (χ0) is 20.1. The van der Waals surface area contributed by atoms with Crippen LogP contribution in [0.15, 0.2) is 63.2 Å². The number of rotatable bonds is 8. The predicted molar refractivity (Wildman–Crippen MR) is 122 cm³/mol. The molecule has 1 unspecified atom stereocenters. The van der Waals surface area contributed by atoms with Crippen LogP contribution in [-0.2, 0) is 26.9 Å². The average Bonchev–Trinajstić information content (AvgIpc) is 3.00. The fraction of sp³-hybridized carbons (Fsp3) is 0.385. The van der Waals surface area contributed by atoms with E-state index in [1.165, 1.54) is 47.6 Å². The van der Waals surface area contributed by atoms with Crippen molar-refractivity contribution >= 4 is 14.0 Å². The van der Waals surface area contributed by atoms with Crippen molar-refractivity contribution in [3.05, 3.63) is 85.4 Å². The van der Waals surface area contributed by atoms with Gasteiger partial charge < -0.3 is 37.2 Å². The Labute approximate surface area is 221 Å². The van der Waals surface area contributed by atoms with Crippen molar-refractivity contribution in [1.29, 1.82) is 0 Å². The molecule has 0 aliphatic heterocycles. The van der Waals surface area contributed by atoms with Crippen LogP contribution in [-0.4, -0.2) is 8.80 Å². The maximum Gasteiger partial charge on any atom is -1.00 e. The molecule has 31 heavy (non-hydrogen) atoms. The van der Waals surface area contributed by atoms with E-state index in [-0.39, 0.29) is 37.2 Å². The summed E-state index contributed by atoms with van der Waals surface area (Å²) >= 11 is 2.39. The second kappa shape index (κ2) is 14.8. The molecule has 166 valence electrons. The largest absolute Gasteiger partial charge is 1.00 e. The third kappa shape index (κ3) is 7.91. The molecule has 0 saturated heterocycles. The van der Waals surface area contributed by atoms with Gasteiger partial charge in [-0.15, -0.1) is 0 Å². The molecule has 2 aromatic rings. The molecule has 0 radical (unpaired) electrons. The number of unbranched alkanes of at least 4 members (excludes halogenated alkanes) is 2. The smallest absolute Gasteiger partial charge is 1.00 e. The molecular weight excluding hydrogens is 495 g/mol. The quantitative estimate of drug-likeness (QED) is 0.256. The number of hydrogen-bond acceptors (Lipinski definition) is 0. The molecular formula is C26H33Cl3SiTi. The van der Waals surface area contributed by atoms with Gasteiger partial charge in [0.2, 0.25) is 0 Å². The summed E-state index contributed by atoms with van der Waals surface area (Å²) in [7, 11) is -1.22. The third-order valence-electron chi connectivity index (χ3n) is 5.99. The van der Waals surface area contributed by atoms with Gasteiger partial charge in [0.25, 0.3) is 0 Å². The van der Waals surface area contributed by atoms with E-state index in [0.717, 1.165) is 12.8 Å². The van der Waals surface area contributed by atoms with Crippen molar-refractivity contribution in [2.24, 2.45) is 0 Å². The van der Waals surface area contributed by atoms with Crippen molar-refractivity contribution in [1.82, 2.24) is 0 Å². The van der Waals surface area contributed by atoms with Crippen LogP contribution in [0.25, 0.3) is 0 Å². The van der Waals surface area contributed by atoms with E-state index in [0.29, 0.717) is 0 Å². The summed E-state index contributed by atoms with van der Waals surface area (Å²) in [5.41, 5.74) is 7.52. The van der Waals surface area contributed by atoms with Gasteiger partial charge in [0.05, 0.1) is 0 Å². The molecule has 0 fully saturated rings. The molecule has 0 spiro atoms. The summed E-state index contributed by atoms with van der Waals surface area (Å²) in [6, 6.07) is 17.2. The Hall–Kier alpha value is -0.279. The maximum atomic E-state index is 2.52. The number of benzene rings is 2. The minimum absolute atomic E-state index is 0. The molecule has 1 aliphatic carbocycles. The van der Waals surface area contributed by atoms with Gasteiger partial charge >= 0.3 is 186 Å². The first-order valence-corrected chi connectivity index (χ1v) is 13.5. The van der Waals surface area contributed by atoms with Crippen molar-refractivity contribution in [3.8, 4) is 0 Å². The van der Waals surface area contributed by atoms with Gasteiger partial charge in [-0.2, -0.15) is 0 Å². The van der Waals surface area contributed by atoms with Gasteiger partial charge in [-0.1, -0.05) is 0 Å². The minimum atomic E-state index is -1.22. The molecule has 3 rings (SSSR count). The van der Waals surface area contributed by atoms with Gasteiger partial charge in [-0.3, -0.25) is 0 Å². The van der Waals surface area contributed by atoms with Crippen molar-refractivity contribution in [2.45, 2.75) is 65.8 Å². The summed E-state index contributed by atoms with van der Waals surface area (Å²) in [6.45, 7) is 9.25. The second-order valence-electron chi connectivity index (χ2n) is 8.35. The van der Waals surface area contributed by atoms with Crippen LogP contribution in [0.3, 0.4) is 0 Å². The van der Waals surface area contributed by atoms with Crippen LogP contribution in [0.4, 0.5) is 0 Å². The fourth-order valence-electron chi connectivity index (χ4n) is 4.83. The van der Waals surface area contributed by atoms with Crippen LogP contribution < -0.4 is 42.4 Å². The van der Waals surface area contributed by atoms with E-state index in [1.807, 2.05) is 0 Å². The Morgan fingerprint density at radius 3 is 2.10 bits per heavy atom. The van der Waals surface area contributed by atoms with Gasteiger partial charge in [-0.05, 0) is 0 Å². The molecule has 0 heterocycles. The van der Waals surface area contributed by atoms with Crippen LogP contribution in [0, 0.1) is 20.8 Å². The number of hydrogen-bond donors (Lipinski definition) is 0. The van der Waals surface area contributed by atoms with E-state index < -0.39 is 8.80 Å². The first-order valence-electron chi connectivity index (χ1n) is 10.8.